The van der Waals surface area contributed by atoms with Crippen molar-refractivity contribution in [1.82, 2.24) is 4.31 Å². The second-order valence-electron chi connectivity index (χ2n) is 4.80. The molecule has 0 aromatic carbocycles. The van der Waals surface area contributed by atoms with Gasteiger partial charge in [-0.1, -0.05) is 0 Å². The lowest BCUT2D eigenvalue weighted by Crippen LogP contribution is -2.51. The van der Waals surface area contributed by atoms with E-state index in [1.807, 2.05) is 0 Å². The van der Waals surface area contributed by atoms with Gasteiger partial charge < -0.3 is 9.15 Å². The van der Waals surface area contributed by atoms with E-state index in [0.717, 1.165) is 19.3 Å². The Hall–Kier alpha value is -1.18. The monoisotopic (exact) mass is 285 g/mol. The van der Waals surface area contributed by atoms with E-state index < -0.39 is 10.0 Å². The van der Waals surface area contributed by atoms with Gasteiger partial charge in [-0.05, 0) is 31.4 Å². The molecule has 2 fully saturated rings. The van der Waals surface area contributed by atoms with Crippen molar-refractivity contribution in [2.75, 3.05) is 13.2 Å². The van der Waals surface area contributed by atoms with E-state index in [2.05, 4.69) is 0 Å². The summed E-state index contributed by atoms with van der Waals surface area (Å²) >= 11 is 0. The van der Waals surface area contributed by atoms with Gasteiger partial charge in [-0.2, -0.15) is 4.31 Å². The first-order valence-corrected chi connectivity index (χ1v) is 7.75. The first kappa shape index (κ1) is 12.8. The third-order valence-corrected chi connectivity index (χ3v) is 5.51. The molecule has 0 spiro atoms. The van der Waals surface area contributed by atoms with Crippen molar-refractivity contribution in [3.63, 3.8) is 0 Å². The van der Waals surface area contributed by atoms with E-state index in [1.165, 1.54) is 16.4 Å². The van der Waals surface area contributed by atoms with Gasteiger partial charge in [0.1, 0.15) is 0 Å². The van der Waals surface area contributed by atoms with Crippen molar-refractivity contribution in [2.45, 2.75) is 36.5 Å². The lowest BCUT2D eigenvalue weighted by Gasteiger charge is -2.35. The number of morpholine rings is 1. The second kappa shape index (κ2) is 4.73. The molecule has 1 aromatic rings. The normalized spacial score (nSPS) is 28.2. The Morgan fingerprint density at radius 3 is 2.89 bits per heavy atom. The zero-order chi connectivity index (χ0) is 13.5. The quantitative estimate of drug-likeness (QED) is 0.775. The first-order valence-electron chi connectivity index (χ1n) is 6.31. The Morgan fingerprint density at radius 2 is 2.16 bits per heavy atom. The van der Waals surface area contributed by atoms with Crippen molar-refractivity contribution in [3.05, 3.63) is 17.9 Å². The van der Waals surface area contributed by atoms with Gasteiger partial charge >= 0.3 is 0 Å². The minimum Gasteiger partial charge on any atom is -0.440 e. The third-order valence-electron chi connectivity index (χ3n) is 3.71. The molecule has 2 atom stereocenters. The zero-order valence-electron chi connectivity index (χ0n) is 10.3. The van der Waals surface area contributed by atoms with Crippen LogP contribution in [0.25, 0.3) is 0 Å². The Morgan fingerprint density at radius 1 is 1.32 bits per heavy atom. The number of fused-ring (bicyclic) bond motifs is 1. The summed E-state index contributed by atoms with van der Waals surface area (Å²) in [7, 11) is -3.68. The highest BCUT2D eigenvalue weighted by molar-refractivity contribution is 7.89. The van der Waals surface area contributed by atoms with Crippen LogP contribution in [0.2, 0.25) is 0 Å². The highest BCUT2D eigenvalue weighted by Crippen LogP contribution is 2.33. The molecular weight excluding hydrogens is 270 g/mol. The Bertz CT molecular complexity index is 579. The van der Waals surface area contributed by atoms with Gasteiger partial charge in [-0.3, -0.25) is 4.79 Å². The summed E-state index contributed by atoms with van der Waals surface area (Å²) in [4.78, 5) is 10.6. The van der Waals surface area contributed by atoms with Crippen molar-refractivity contribution >= 4 is 16.3 Å². The summed E-state index contributed by atoms with van der Waals surface area (Å²) in [6.45, 7) is 0.738. The van der Waals surface area contributed by atoms with Crippen LogP contribution in [-0.2, 0) is 14.8 Å². The smallest absolute Gasteiger partial charge is 0.276 e. The average molecular weight is 285 g/mol. The van der Waals surface area contributed by atoms with E-state index >= 15 is 0 Å². The molecular formula is C12H15NO5S. The van der Waals surface area contributed by atoms with Gasteiger partial charge in [-0.15, -0.1) is 0 Å². The number of carbonyl (C=O) groups excluding carboxylic acids is 1. The van der Waals surface area contributed by atoms with Crippen molar-refractivity contribution in [1.29, 1.82) is 0 Å². The molecule has 6 nitrogen and oxygen atoms in total. The first-order chi connectivity index (χ1) is 9.13. The molecule has 19 heavy (non-hydrogen) atoms. The maximum absolute atomic E-state index is 12.5. The predicted octanol–water partition coefficient (Wildman–Crippen LogP) is 1.03. The van der Waals surface area contributed by atoms with Gasteiger partial charge in [0.2, 0.25) is 5.09 Å². The molecule has 104 valence electrons. The molecule has 1 aromatic heterocycles. The summed E-state index contributed by atoms with van der Waals surface area (Å²) in [6.07, 6.45) is 3.17. The number of nitrogens with zero attached hydrogens (tertiary/aromatic N) is 1. The molecule has 1 saturated heterocycles. The Labute approximate surface area is 111 Å². The number of carbonyl (C=O) groups is 1. The van der Waals surface area contributed by atoms with E-state index in [1.54, 1.807) is 0 Å². The fourth-order valence-electron chi connectivity index (χ4n) is 2.84. The summed E-state index contributed by atoms with van der Waals surface area (Å²) < 4.78 is 37.2. The van der Waals surface area contributed by atoms with Crippen LogP contribution in [0.1, 0.15) is 29.8 Å². The van der Waals surface area contributed by atoms with Gasteiger partial charge in [0.25, 0.3) is 10.0 Å². The standard InChI is InChI=1S/C12H15NO5S/c14-8-9-4-5-12(18-9)19(15,16)13-6-7-17-11-3-1-2-10(11)13/h4-5,8,10-11H,1-3,6-7H2. The molecule has 1 aliphatic carbocycles. The van der Waals surface area contributed by atoms with Crippen LogP contribution in [0.15, 0.2) is 21.6 Å². The van der Waals surface area contributed by atoms with Crippen LogP contribution in [0.4, 0.5) is 0 Å². The molecule has 2 unspecified atom stereocenters. The number of sulfonamides is 1. The van der Waals surface area contributed by atoms with Crippen LogP contribution >= 0.6 is 0 Å². The maximum Gasteiger partial charge on any atom is 0.276 e. The topological polar surface area (TPSA) is 76.8 Å². The molecule has 0 amide bonds. The fourth-order valence-corrected chi connectivity index (χ4v) is 4.43. The Balaban J connectivity index is 1.92. The number of hydrogen-bond acceptors (Lipinski definition) is 5. The summed E-state index contributed by atoms with van der Waals surface area (Å²) in [5.41, 5.74) is 0. The van der Waals surface area contributed by atoms with Gasteiger partial charge in [0.05, 0.1) is 18.8 Å². The highest BCUT2D eigenvalue weighted by atomic mass is 32.2. The van der Waals surface area contributed by atoms with Crippen molar-refractivity contribution in [3.8, 4) is 0 Å². The zero-order valence-corrected chi connectivity index (χ0v) is 11.1. The third kappa shape index (κ3) is 2.11. The van der Waals surface area contributed by atoms with Crippen LogP contribution in [0, 0.1) is 0 Å². The lowest BCUT2D eigenvalue weighted by atomic mass is 10.2. The molecule has 0 bridgehead atoms. The number of ether oxygens (including phenoxy) is 1. The number of rotatable bonds is 3. The second-order valence-corrected chi connectivity index (χ2v) is 6.62. The van der Waals surface area contributed by atoms with Crippen LogP contribution in [0.3, 0.4) is 0 Å². The number of hydrogen-bond donors (Lipinski definition) is 0. The molecule has 0 radical (unpaired) electrons. The Kier molecular flexibility index (Phi) is 3.20. The van der Waals surface area contributed by atoms with E-state index in [4.69, 9.17) is 9.15 Å². The maximum atomic E-state index is 12.5. The molecule has 3 rings (SSSR count). The van der Waals surface area contributed by atoms with Crippen LogP contribution in [-0.4, -0.2) is 44.3 Å². The summed E-state index contributed by atoms with van der Waals surface area (Å²) in [6, 6.07) is 2.59. The van der Waals surface area contributed by atoms with Crippen molar-refractivity contribution < 1.29 is 22.4 Å². The minimum absolute atomic E-state index is 0.0102. The average Bonchev–Trinajstić information content (AvgIpc) is 3.06. The lowest BCUT2D eigenvalue weighted by molar-refractivity contribution is -0.0245. The molecule has 1 saturated carbocycles. The van der Waals surface area contributed by atoms with E-state index in [9.17, 15) is 13.2 Å². The predicted molar refractivity (Wildman–Crippen MR) is 65.4 cm³/mol. The highest BCUT2D eigenvalue weighted by Gasteiger charge is 2.43. The van der Waals surface area contributed by atoms with Gasteiger partial charge in [-0.25, -0.2) is 8.42 Å². The van der Waals surface area contributed by atoms with Gasteiger partial charge in [0.15, 0.2) is 12.0 Å². The molecule has 2 heterocycles. The molecule has 0 N–H and O–H groups in total. The largest absolute Gasteiger partial charge is 0.440 e. The van der Waals surface area contributed by atoms with E-state index in [0.29, 0.717) is 19.4 Å². The number of furan rings is 1. The SMILES string of the molecule is O=Cc1ccc(S(=O)(=O)N2CCOC3CCCC32)o1. The van der Waals surface area contributed by atoms with Gasteiger partial charge in [0, 0.05) is 6.54 Å². The molecule has 7 heteroatoms. The summed E-state index contributed by atoms with van der Waals surface area (Å²) in [5, 5.41) is -0.165. The molecule has 1 aliphatic heterocycles. The number of aldehydes is 1. The van der Waals surface area contributed by atoms with Crippen LogP contribution < -0.4 is 0 Å². The fraction of sp³-hybridized carbons (Fsp3) is 0.583. The van der Waals surface area contributed by atoms with Crippen molar-refractivity contribution in [2.24, 2.45) is 0 Å². The van der Waals surface area contributed by atoms with Crippen LogP contribution in [0.5, 0.6) is 0 Å². The molecule has 2 aliphatic rings. The minimum atomic E-state index is -3.68. The van der Waals surface area contributed by atoms with E-state index in [-0.39, 0.29) is 23.0 Å². The summed E-state index contributed by atoms with van der Waals surface area (Å²) in [5.74, 6) is 0.0230.